The third kappa shape index (κ3) is 3.42. The molecular formula is C18H20N4O2. The summed E-state index contributed by atoms with van der Waals surface area (Å²) in [5.74, 6) is -0.0680. The summed E-state index contributed by atoms with van der Waals surface area (Å²) in [4.78, 5) is 23.9. The van der Waals surface area contributed by atoms with Crippen molar-refractivity contribution < 1.29 is 9.59 Å². The number of rotatable bonds is 4. The monoisotopic (exact) mass is 324 g/mol. The average molecular weight is 324 g/mol. The lowest BCUT2D eigenvalue weighted by molar-refractivity contribution is -0.120. The van der Waals surface area contributed by atoms with Gasteiger partial charge in [-0.2, -0.15) is 10.2 Å². The van der Waals surface area contributed by atoms with E-state index in [1.165, 1.54) is 0 Å². The summed E-state index contributed by atoms with van der Waals surface area (Å²) >= 11 is 0. The Morgan fingerprint density at radius 2 is 2.08 bits per heavy atom. The quantitative estimate of drug-likeness (QED) is 0.899. The molecule has 0 aliphatic carbocycles. The molecule has 1 unspecified atom stereocenters. The smallest absolute Gasteiger partial charge is 0.251 e. The molecule has 0 saturated carbocycles. The maximum absolute atomic E-state index is 12.3. The molecule has 1 aliphatic heterocycles. The standard InChI is InChI=1S/C18H20N4O2/c1-11(2)14-6-7-15(22-21-14)12-4-3-5-13(10-12)17(23)20-16-8-9-19-18(16)24/h3-7,10-11,16H,8-9H2,1-2H3,(H,19,24)(H,20,23). The van der Waals surface area contributed by atoms with Crippen LogP contribution in [-0.4, -0.2) is 34.6 Å². The van der Waals surface area contributed by atoms with Crippen LogP contribution in [0.4, 0.5) is 0 Å². The van der Waals surface area contributed by atoms with Crippen LogP contribution in [0, 0.1) is 0 Å². The van der Waals surface area contributed by atoms with Gasteiger partial charge in [-0.1, -0.05) is 26.0 Å². The van der Waals surface area contributed by atoms with E-state index in [9.17, 15) is 9.59 Å². The molecular weight excluding hydrogens is 304 g/mol. The van der Waals surface area contributed by atoms with Crippen LogP contribution in [0.3, 0.4) is 0 Å². The van der Waals surface area contributed by atoms with Gasteiger partial charge in [-0.3, -0.25) is 9.59 Å². The van der Waals surface area contributed by atoms with Crippen molar-refractivity contribution >= 4 is 11.8 Å². The number of hydrogen-bond donors (Lipinski definition) is 2. The Morgan fingerprint density at radius 3 is 2.71 bits per heavy atom. The van der Waals surface area contributed by atoms with Crippen LogP contribution in [0.15, 0.2) is 36.4 Å². The van der Waals surface area contributed by atoms with E-state index in [-0.39, 0.29) is 11.8 Å². The second-order valence-corrected chi connectivity index (χ2v) is 6.18. The zero-order valence-corrected chi connectivity index (χ0v) is 13.7. The number of amides is 2. The first-order chi connectivity index (χ1) is 11.5. The van der Waals surface area contributed by atoms with Crippen LogP contribution in [0.2, 0.25) is 0 Å². The number of aromatic nitrogens is 2. The highest BCUT2D eigenvalue weighted by atomic mass is 16.2. The summed E-state index contributed by atoms with van der Waals surface area (Å²) in [6, 6.07) is 10.6. The van der Waals surface area contributed by atoms with E-state index in [0.717, 1.165) is 11.3 Å². The number of carbonyl (C=O) groups excluding carboxylic acids is 2. The Hall–Kier alpha value is -2.76. The van der Waals surface area contributed by atoms with Gasteiger partial charge in [-0.25, -0.2) is 0 Å². The van der Waals surface area contributed by atoms with Gasteiger partial charge in [0.2, 0.25) is 5.91 Å². The molecule has 6 heteroatoms. The Bertz CT molecular complexity index is 756. The number of carbonyl (C=O) groups is 2. The Morgan fingerprint density at radius 1 is 1.25 bits per heavy atom. The van der Waals surface area contributed by atoms with E-state index in [1.54, 1.807) is 18.2 Å². The lowest BCUT2D eigenvalue weighted by Gasteiger charge is -2.11. The number of nitrogens with zero attached hydrogens (tertiary/aromatic N) is 2. The zero-order valence-electron chi connectivity index (χ0n) is 13.7. The summed E-state index contributed by atoms with van der Waals surface area (Å²) in [6.07, 6.45) is 0.617. The van der Waals surface area contributed by atoms with Crippen molar-refractivity contribution in [2.24, 2.45) is 0 Å². The number of nitrogens with one attached hydrogen (secondary N) is 2. The van der Waals surface area contributed by atoms with E-state index in [1.807, 2.05) is 18.2 Å². The fraction of sp³-hybridized carbons (Fsp3) is 0.333. The minimum atomic E-state index is -0.453. The molecule has 1 aromatic heterocycles. The van der Waals surface area contributed by atoms with E-state index in [0.29, 0.717) is 30.1 Å². The molecule has 3 rings (SSSR count). The molecule has 2 N–H and O–H groups in total. The molecule has 1 saturated heterocycles. The normalized spacial score (nSPS) is 17.0. The second kappa shape index (κ2) is 6.78. The van der Waals surface area contributed by atoms with E-state index < -0.39 is 6.04 Å². The van der Waals surface area contributed by atoms with Crippen molar-refractivity contribution in [3.8, 4) is 11.3 Å². The molecule has 0 bridgehead atoms. The van der Waals surface area contributed by atoms with Gasteiger partial charge in [-0.15, -0.1) is 0 Å². The van der Waals surface area contributed by atoms with Gasteiger partial charge in [-0.05, 0) is 36.6 Å². The molecule has 1 aromatic carbocycles. The fourth-order valence-electron chi connectivity index (χ4n) is 2.60. The van der Waals surface area contributed by atoms with Gasteiger partial charge in [0, 0.05) is 17.7 Å². The maximum atomic E-state index is 12.3. The molecule has 1 aliphatic rings. The molecule has 1 fully saturated rings. The highest BCUT2D eigenvalue weighted by Gasteiger charge is 2.25. The summed E-state index contributed by atoms with van der Waals surface area (Å²) in [7, 11) is 0. The first-order valence-corrected chi connectivity index (χ1v) is 8.07. The van der Waals surface area contributed by atoms with Gasteiger partial charge in [0.25, 0.3) is 5.91 Å². The van der Waals surface area contributed by atoms with Crippen molar-refractivity contribution in [1.82, 2.24) is 20.8 Å². The van der Waals surface area contributed by atoms with Crippen LogP contribution in [0.25, 0.3) is 11.3 Å². The highest BCUT2D eigenvalue weighted by molar-refractivity contribution is 5.98. The van der Waals surface area contributed by atoms with E-state index >= 15 is 0 Å². The van der Waals surface area contributed by atoms with Gasteiger partial charge in [0.1, 0.15) is 6.04 Å². The van der Waals surface area contributed by atoms with Crippen LogP contribution < -0.4 is 10.6 Å². The van der Waals surface area contributed by atoms with Crippen molar-refractivity contribution in [1.29, 1.82) is 0 Å². The van der Waals surface area contributed by atoms with Crippen molar-refractivity contribution in [2.45, 2.75) is 32.2 Å². The molecule has 2 aromatic rings. The Labute approximate surface area is 140 Å². The van der Waals surface area contributed by atoms with Crippen molar-refractivity contribution in [2.75, 3.05) is 6.54 Å². The van der Waals surface area contributed by atoms with Crippen LogP contribution in [0.1, 0.15) is 42.2 Å². The first-order valence-electron chi connectivity index (χ1n) is 8.07. The lowest BCUT2D eigenvalue weighted by atomic mass is 10.1. The third-order valence-electron chi connectivity index (χ3n) is 4.05. The molecule has 0 radical (unpaired) electrons. The molecule has 24 heavy (non-hydrogen) atoms. The predicted molar refractivity (Wildman–Crippen MR) is 90.4 cm³/mol. The van der Waals surface area contributed by atoms with Crippen molar-refractivity contribution in [3.63, 3.8) is 0 Å². The topological polar surface area (TPSA) is 84.0 Å². The number of benzene rings is 1. The first kappa shape index (κ1) is 16.1. The second-order valence-electron chi connectivity index (χ2n) is 6.18. The van der Waals surface area contributed by atoms with Gasteiger partial charge in [0.05, 0.1) is 11.4 Å². The largest absolute Gasteiger partial charge is 0.354 e. The van der Waals surface area contributed by atoms with Gasteiger partial charge in [0.15, 0.2) is 0 Å². The van der Waals surface area contributed by atoms with E-state index in [2.05, 4.69) is 34.7 Å². The van der Waals surface area contributed by atoms with Crippen LogP contribution in [0.5, 0.6) is 0 Å². The molecule has 1 atom stereocenters. The summed E-state index contributed by atoms with van der Waals surface area (Å²) in [6.45, 7) is 4.73. The fourth-order valence-corrected chi connectivity index (χ4v) is 2.60. The van der Waals surface area contributed by atoms with Crippen molar-refractivity contribution in [3.05, 3.63) is 47.7 Å². The highest BCUT2D eigenvalue weighted by Crippen LogP contribution is 2.19. The minimum absolute atomic E-state index is 0.130. The molecule has 6 nitrogen and oxygen atoms in total. The molecule has 2 heterocycles. The van der Waals surface area contributed by atoms with E-state index in [4.69, 9.17) is 0 Å². The van der Waals surface area contributed by atoms with Gasteiger partial charge >= 0.3 is 0 Å². The lowest BCUT2D eigenvalue weighted by Crippen LogP contribution is -2.40. The molecule has 124 valence electrons. The summed E-state index contributed by atoms with van der Waals surface area (Å²) in [5, 5.41) is 13.9. The molecule has 0 spiro atoms. The Balaban J connectivity index is 1.78. The summed E-state index contributed by atoms with van der Waals surface area (Å²) < 4.78 is 0. The maximum Gasteiger partial charge on any atom is 0.251 e. The van der Waals surface area contributed by atoms with Crippen LogP contribution >= 0.6 is 0 Å². The third-order valence-corrected chi connectivity index (χ3v) is 4.05. The average Bonchev–Trinajstić information content (AvgIpc) is 3.00. The van der Waals surface area contributed by atoms with Gasteiger partial charge < -0.3 is 10.6 Å². The minimum Gasteiger partial charge on any atom is -0.354 e. The van der Waals surface area contributed by atoms with Crippen LogP contribution in [-0.2, 0) is 4.79 Å². The SMILES string of the molecule is CC(C)c1ccc(-c2cccc(C(=O)NC3CCNC3=O)c2)nn1. The zero-order chi connectivity index (χ0) is 17.1. The predicted octanol–water partition coefficient (Wildman–Crippen LogP) is 1.89. The Kier molecular flexibility index (Phi) is 4.55. The number of hydrogen-bond acceptors (Lipinski definition) is 4. The summed E-state index contributed by atoms with van der Waals surface area (Å²) in [5.41, 5.74) is 2.97. The molecule has 2 amide bonds.